The molecular weight excluding hydrogens is 193 g/mol. The first-order valence-corrected chi connectivity index (χ1v) is 3.99. The minimum absolute atomic E-state index is 0.0321. The Hall–Kier alpha value is -0.790. The van der Waals surface area contributed by atoms with Crippen LogP contribution in [0.4, 0.5) is 0 Å². The summed E-state index contributed by atoms with van der Waals surface area (Å²) in [6, 6.07) is 1.31. The van der Waals surface area contributed by atoms with Crippen LogP contribution in [-0.2, 0) is 0 Å². The molecule has 0 aliphatic rings. The average molecular weight is 201 g/mol. The number of aromatic nitrogens is 1. The van der Waals surface area contributed by atoms with Crippen molar-refractivity contribution in [2.24, 2.45) is 0 Å². The lowest BCUT2D eigenvalue weighted by Crippen LogP contribution is -1.77. The monoisotopic (exact) mass is 200 g/mol. The lowest BCUT2D eigenvalue weighted by atomic mass is 10.2. The highest BCUT2D eigenvalue weighted by atomic mass is 35.5. The zero-order chi connectivity index (χ0) is 11.2. The van der Waals surface area contributed by atoms with Gasteiger partial charge in [0.05, 0.1) is 4.11 Å². The summed E-state index contributed by atoms with van der Waals surface area (Å²) in [7, 11) is 0. The van der Waals surface area contributed by atoms with Gasteiger partial charge in [-0.25, -0.2) is 4.98 Å². The van der Waals surface area contributed by atoms with E-state index in [1.54, 1.807) is 6.07 Å². The van der Waals surface area contributed by atoms with Gasteiger partial charge in [0.1, 0.15) is 5.15 Å². The molecule has 60 valence electrons. The Kier molecular flexibility index (Phi) is 1.23. The number of rotatable bonds is 0. The first-order valence-electron chi connectivity index (χ1n) is 4.73. The number of halogens is 2. The second kappa shape index (κ2) is 2.92. The molecule has 2 rings (SSSR count). The molecule has 0 aliphatic heterocycles. The van der Waals surface area contributed by atoms with Gasteiger partial charge >= 0.3 is 0 Å². The molecule has 12 heavy (non-hydrogen) atoms. The number of hydrogen-bond donors (Lipinski definition) is 0. The number of nitrogens with zero attached hydrogens (tertiary/aromatic N) is 1. The van der Waals surface area contributed by atoms with Crippen LogP contribution in [0, 0.1) is 0 Å². The van der Waals surface area contributed by atoms with E-state index < -0.39 is 0 Å². The Bertz CT molecular complexity index is 557. The lowest BCUT2D eigenvalue weighted by Gasteiger charge is -1.98. The molecule has 0 atom stereocenters. The molecule has 0 bridgehead atoms. The summed E-state index contributed by atoms with van der Waals surface area (Å²) in [6.07, 6.45) is 1.44. The quantitative estimate of drug-likeness (QED) is 0.594. The predicted molar refractivity (Wildman–Crippen MR) is 51.8 cm³/mol. The molecule has 1 nitrogen and oxygen atoms in total. The van der Waals surface area contributed by atoms with Gasteiger partial charge in [-0.1, -0.05) is 29.2 Å². The number of benzene rings is 1. The van der Waals surface area contributed by atoms with Crippen LogP contribution in [0.25, 0.3) is 10.8 Å². The highest BCUT2D eigenvalue weighted by Gasteiger charge is 1.98. The zero-order valence-electron chi connectivity index (χ0n) is 8.86. The summed E-state index contributed by atoms with van der Waals surface area (Å²) in [4.78, 5) is 3.82. The molecule has 0 spiro atoms. The zero-order valence-corrected chi connectivity index (χ0v) is 7.37. The summed E-state index contributed by atoms with van der Waals surface area (Å²) >= 11 is 11.6. The van der Waals surface area contributed by atoms with Gasteiger partial charge in [0.2, 0.25) is 0 Å². The van der Waals surface area contributed by atoms with E-state index in [9.17, 15) is 0 Å². The molecule has 0 radical (unpaired) electrons. The molecule has 0 N–H and O–H groups in total. The Balaban J connectivity index is 3.08. The first-order chi connectivity index (χ1) is 7.04. The van der Waals surface area contributed by atoms with E-state index >= 15 is 0 Å². The summed E-state index contributed by atoms with van der Waals surface area (Å²) in [5.74, 6) is 0. The second-order valence-electron chi connectivity index (χ2n) is 2.21. The molecule has 1 aromatic heterocycles. The second-order valence-corrected chi connectivity index (χ2v) is 2.95. The van der Waals surface area contributed by atoms with Crippen molar-refractivity contribution in [3.8, 4) is 0 Å². The minimum atomic E-state index is -0.156. The molecule has 0 saturated carbocycles. The van der Waals surface area contributed by atoms with E-state index in [0.717, 1.165) is 0 Å². The van der Waals surface area contributed by atoms with Crippen molar-refractivity contribution >= 4 is 34.0 Å². The van der Waals surface area contributed by atoms with Crippen molar-refractivity contribution in [3.05, 3.63) is 40.6 Å². The molecular formula is C9H5Cl2N. The van der Waals surface area contributed by atoms with Gasteiger partial charge in [-0.2, -0.15) is 0 Å². The van der Waals surface area contributed by atoms with Crippen molar-refractivity contribution in [1.82, 2.24) is 4.98 Å². The fourth-order valence-corrected chi connectivity index (χ4v) is 1.27. The van der Waals surface area contributed by atoms with Crippen LogP contribution in [0.15, 0.2) is 30.4 Å². The molecule has 3 heteroatoms. The standard InChI is InChI=1S/C9H5Cl2N/c10-7-2-1-6-3-4-12-9(11)8(6)5-7/h1-5H/i1D,2D,5D. The van der Waals surface area contributed by atoms with Crippen molar-refractivity contribution in [3.63, 3.8) is 0 Å². The smallest absolute Gasteiger partial charge is 0.136 e. The van der Waals surface area contributed by atoms with Gasteiger partial charge in [0.15, 0.2) is 0 Å². The Labute approximate surface area is 84.2 Å². The molecule has 0 unspecified atom stereocenters. The minimum Gasteiger partial charge on any atom is -0.244 e. The number of hydrogen-bond acceptors (Lipinski definition) is 1. The number of fused-ring (bicyclic) bond motifs is 1. The maximum absolute atomic E-state index is 7.71. The molecule has 0 fully saturated rings. The fraction of sp³-hybridized carbons (Fsp3) is 0. The Morgan fingerprint density at radius 2 is 2.17 bits per heavy atom. The first kappa shape index (κ1) is 5.05. The lowest BCUT2D eigenvalue weighted by molar-refractivity contribution is 1.36. The van der Waals surface area contributed by atoms with Crippen molar-refractivity contribution in [1.29, 1.82) is 0 Å². The van der Waals surface area contributed by atoms with Crippen LogP contribution >= 0.6 is 23.2 Å². The SMILES string of the molecule is [2H]c1c(Cl)c([2H])c2c(Cl)nccc2c1[2H]. The normalized spacial score (nSPS) is 14.0. The van der Waals surface area contributed by atoms with Crippen LogP contribution < -0.4 is 0 Å². The van der Waals surface area contributed by atoms with E-state index in [2.05, 4.69) is 4.98 Å². The van der Waals surface area contributed by atoms with Gasteiger partial charge in [-0.15, -0.1) is 0 Å². The van der Waals surface area contributed by atoms with Gasteiger partial charge in [-0.3, -0.25) is 0 Å². The van der Waals surface area contributed by atoms with E-state index in [1.165, 1.54) is 6.20 Å². The summed E-state index contributed by atoms with van der Waals surface area (Å²) in [5.41, 5.74) is 0. The maximum Gasteiger partial charge on any atom is 0.136 e. The maximum atomic E-state index is 7.71. The summed E-state index contributed by atoms with van der Waals surface area (Å²) < 4.78 is 22.9. The molecule has 0 amide bonds. The third kappa shape index (κ3) is 1.26. The summed E-state index contributed by atoms with van der Waals surface area (Å²) in [6.45, 7) is 0. The van der Waals surface area contributed by atoms with Crippen LogP contribution in [0.3, 0.4) is 0 Å². The summed E-state index contributed by atoms with van der Waals surface area (Å²) in [5, 5.41) is 0.815. The van der Waals surface area contributed by atoms with E-state index in [4.69, 9.17) is 27.3 Å². The molecule has 0 saturated heterocycles. The fourth-order valence-electron chi connectivity index (χ4n) is 0.923. The topological polar surface area (TPSA) is 12.9 Å². The largest absolute Gasteiger partial charge is 0.244 e. The third-order valence-corrected chi connectivity index (χ3v) is 1.92. The van der Waals surface area contributed by atoms with E-state index in [0.29, 0.717) is 10.8 Å². The van der Waals surface area contributed by atoms with Crippen molar-refractivity contribution in [2.45, 2.75) is 0 Å². The van der Waals surface area contributed by atoms with Gasteiger partial charge in [0.25, 0.3) is 0 Å². The van der Waals surface area contributed by atoms with E-state index in [-0.39, 0.29) is 28.3 Å². The van der Waals surface area contributed by atoms with Crippen LogP contribution in [0.1, 0.15) is 4.11 Å². The molecule has 1 heterocycles. The Morgan fingerprint density at radius 3 is 3.00 bits per heavy atom. The number of pyridine rings is 1. The van der Waals surface area contributed by atoms with E-state index in [1.807, 2.05) is 0 Å². The third-order valence-electron chi connectivity index (χ3n) is 1.45. The van der Waals surface area contributed by atoms with Crippen molar-refractivity contribution < 1.29 is 4.11 Å². The van der Waals surface area contributed by atoms with Crippen LogP contribution in [0.5, 0.6) is 0 Å². The van der Waals surface area contributed by atoms with Gasteiger partial charge in [-0.05, 0) is 23.5 Å². The Morgan fingerprint density at radius 1 is 1.33 bits per heavy atom. The van der Waals surface area contributed by atoms with Crippen molar-refractivity contribution in [2.75, 3.05) is 0 Å². The molecule has 2 aromatic rings. The highest BCUT2D eigenvalue weighted by molar-refractivity contribution is 6.35. The van der Waals surface area contributed by atoms with Crippen LogP contribution in [-0.4, -0.2) is 4.98 Å². The molecule has 1 aromatic carbocycles. The molecule has 0 aliphatic carbocycles. The van der Waals surface area contributed by atoms with Crippen LogP contribution in [0.2, 0.25) is 10.2 Å². The van der Waals surface area contributed by atoms with Gasteiger partial charge in [0, 0.05) is 16.6 Å². The average Bonchev–Trinajstić information content (AvgIpc) is 2.23. The predicted octanol–water partition coefficient (Wildman–Crippen LogP) is 3.54. The van der Waals surface area contributed by atoms with Gasteiger partial charge < -0.3 is 0 Å². The highest BCUT2D eigenvalue weighted by Crippen LogP contribution is 2.23.